The number of guanidine groups is 1. The molecule has 5 heteroatoms. The maximum Gasteiger partial charge on any atom is 0.191 e. The highest BCUT2D eigenvalue weighted by Crippen LogP contribution is 2.20. The van der Waals surface area contributed by atoms with Gasteiger partial charge in [-0.2, -0.15) is 0 Å². The fraction of sp³-hybridized carbons (Fsp3) is 0.316. The highest BCUT2D eigenvalue weighted by Gasteiger charge is 2.11. The first kappa shape index (κ1) is 16.3. The average Bonchev–Trinajstić information content (AvgIpc) is 2.66. The summed E-state index contributed by atoms with van der Waals surface area (Å²) in [5.41, 5.74) is 1.94. The Kier molecular flexibility index (Phi) is 5.69. The van der Waals surface area contributed by atoms with E-state index in [1.54, 1.807) is 0 Å². The quantitative estimate of drug-likeness (QED) is 0.762. The third-order valence-electron chi connectivity index (χ3n) is 3.85. The van der Waals surface area contributed by atoms with Gasteiger partial charge in [0.15, 0.2) is 5.96 Å². The van der Waals surface area contributed by atoms with Crippen molar-refractivity contribution in [2.75, 3.05) is 19.6 Å². The topological polar surface area (TPSA) is 65.9 Å². The van der Waals surface area contributed by atoms with Crippen LogP contribution in [0.15, 0.2) is 59.6 Å². The number of nitrogens with one attached hydrogen (secondary N) is 2. The molecule has 0 radical (unpaired) electrons. The molecule has 1 atom stereocenters. The normalized spacial score (nSPS) is 15.1. The maximum absolute atomic E-state index is 10.4. The second-order valence-corrected chi connectivity index (χ2v) is 5.75. The minimum atomic E-state index is -0.614. The van der Waals surface area contributed by atoms with Crippen molar-refractivity contribution < 1.29 is 9.84 Å². The highest BCUT2D eigenvalue weighted by molar-refractivity contribution is 5.80. The standard InChI is InChI=1S/C19H23N3O2/c23-18(13-22-19-20-10-5-11-21-19)16-8-4-9-17(12-16)24-14-15-6-2-1-3-7-15/h1-4,6-9,12,18,23H,5,10-11,13-14H2,(H2,20,21,22). The molecule has 3 N–H and O–H groups in total. The molecule has 2 aromatic rings. The molecule has 0 spiro atoms. The Balaban J connectivity index is 1.54. The smallest absolute Gasteiger partial charge is 0.191 e. The van der Waals surface area contributed by atoms with Gasteiger partial charge < -0.3 is 20.5 Å². The van der Waals surface area contributed by atoms with Crippen LogP contribution in [0.5, 0.6) is 5.75 Å². The fourth-order valence-corrected chi connectivity index (χ4v) is 2.51. The number of aliphatic hydroxyl groups excluding tert-OH is 1. The first-order chi connectivity index (χ1) is 11.8. The van der Waals surface area contributed by atoms with E-state index in [4.69, 9.17) is 4.74 Å². The summed E-state index contributed by atoms with van der Waals surface area (Å²) in [7, 11) is 0. The molecule has 3 rings (SSSR count). The van der Waals surface area contributed by atoms with Gasteiger partial charge in [0.05, 0.1) is 6.10 Å². The third-order valence-corrected chi connectivity index (χ3v) is 3.85. The van der Waals surface area contributed by atoms with Crippen LogP contribution < -0.4 is 15.4 Å². The summed E-state index contributed by atoms with van der Waals surface area (Å²) >= 11 is 0. The molecule has 0 saturated heterocycles. The van der Waals surface area contributed by atoms with Crippen molar-refractivity contribution in [2.24, 2.45) is 4.99 Å². The van der Waals surface area contributed by atoms with Crippen molar-refractivity contribution in [3.05, 3.63) is 65.7 Å². The van der Waals surface area contributed by atoms with Crippen LogP contribution >= 0.6 is 0 Å². The Bertz CT molecular complexity index is 673. The van der Waals surface area contributed by atoms with Crippen LogP contribution in [0.1, 0.15) is 23.7 Å². The number of hydrogen-bond donors (Lipinski definition) is 3. The van der Waals surface area contributed by atoms with Gasteiger partial charge in [0, 0.05) is 19.6 Å². The molecule has 24 heavy (non-hydrogen) atoms. The van der Waals surface area contributed by atoms with Gasteiger partial charge in [-0.3, -0.25) is 4.99 Å². The van der Waals surface area contributed by atoms with E-state index in [-0.39, 0.29) is 0 Å². The van der Waals surface area contributed by atoms with Crippen LogP contribution in [0.3, 0.4) is 0 Å². The van der Waals surface area contributed by atoms with Gasteiger partial charge in [-0.05, 0) is 29.7 Å². The summed E-state index contributed by atoms with van der Waals surface area (Å²) in [6, 6.07) is 17.6. The van der Waals surface area contributed by atoms with Crippen LogP contribution in [-0.4, -0.2) is 30.7 Å². The molecule has 0 bridgehead atoms. The molecule has 0 amide bonds. The van der Waals surface area contributed by atoms with Gasteiger partial charge in [-0.25, -0.2) is 0 Å². The number of rotatable bonds is 6. The first-order valence-corrected chi connectivity index (χ1v) is 8.28. The predicted octanol–water partition coefficient (Wildman–Crippen LogP) is 2.24. The Labute approximate surface area is 142 Å². The second kappa shape index (κ2) is 8.36. The molecule has 0 aromatic heterocycles. The minimum absolute atomic E-state index is 0.411. The van der Waals surface area contributed by atoms with Crippen molar-refractivity contribution in [3.63, 3.8) is 0 Å². The zero-order valence-corrected chi connectivity index (χ0v) is 13.6. The van der Waals surface area contributed by atoms with E-state index in [1.165, 1.54) is 0 Å². The van der Waals surface area contributed by atoms with Gasteiger partial charge in [-0.1, -0.05) is 42.5 Å². The van der Waals surface area contributed by atoms with Crippen LogP contribution in [0.25, 0.3) is 0 Å². The lowest BCUT2D eigenvalue weighted by Crippen LogP contribution is -2.42. The molecule has 1 aliphatic heterocycles. The Hall–Kier alpha value is -2.53. The number of nitrogens with zero attached hydrogens (tertiary/aromatic N) is 1. The van der Waals surface area contributed by atoms with Crippen LogP contribution in [0.4, 0.5) is 0 Å². The van der Waals surface area contributed by atoms with E-state index in [1.807, 2.05) is 54.6 Å². The number of aliphatic imine (C=N–C) groups is 1. The van der Waals surface area contributed by atoms with E-state index in [2.05, 4.69) is 15.6 Å². The zero-order valence-electron chi connectivity index (χ0n) is 13.6. The molecule has 1 heterocycles. The molecule has 0 saturated carbocycles. The molecule has 126 valence electrons. The SMILES string of the molecule is OC(CNC1=NCCCN1)c1cccc(OCc2ccccc2)c1. The van der Waals surface area contributed by atoms with Gasteiger partial charge >= 0.3 is 0 Å². The van der Waals surface area contributed by atoms with Crippen molar-refractivity contribution in [1.29, 1.82) is 0 Å². The largest absolute Gasteiger partial charge is 0.489 e. The summed E-state index contributed by atoms with van der Waals surface area (Å²) in [5, 5.41) is 16.7. The van der Waals surface area contributed by atoms with Gasteiger partial charge in [0.1, 0.15) is 12.4 Å². The van der Waals surface area contributed by atoms with Crippen molar-refractivity contribution >= 4 is 5.96 Å². The summed E-state index contributed by atoms with van der Waals surface area (Å²) in [6.45, 7) is 2.67. The predicted molar refractivity (Wildman–Crippen MR) is 95.1 cm³/mol. The van der Waals surface area contributed by atoms with Crippen molar-refractivity contribution in [1.82, 2.24) is 10.6 Å². The number of benzene rings is 2. The van der Waals surface area contributed by atoms with Crippen LogP contribution in [0.2, 0.25) is 0 Å². The van der Waals surface area contributed by atoms with E-state index < -0.39 is 6.10 Å². The van der Waals surface area contributed by atoms with Gasteiger partial charge in [0.2, 0.25) is 0 Å². The second-order valence-electron chi connectivity index (χ2n) is 5.75. The fourth-order valence-electron chi connectivity index (χ4n) is 2.51. The van der Waals surface area contributed by atoms with E-state index in [9.17, 15) is 5.11 Å². The van der Waals surface area contributed by atoms with E-state index >= 15 is 0 Å². The van der Waals surface area contributed by atoms with E-state index in [0.29, 0.717) is 13.2 Å². The molecular weight excluding hydrogens is 302 g/mol. The first-order valence-electron chi connectivity index (χ1n) is 8.28. The van der Waals surface area contributed by atoms with Crippen molar-refractivity contribution in [3.8, 4) is 5.75 Å². The molecule has 0 aliphatic carbocycles. The molecular formula is C19H23N3O2. The molecule has 2 aromatic carbocycles. The summed E-state index contributed by atoms with van der Waals surface area (Å²) in [6.07, 6.45) is 0.436. The number of ether oxygens (including phenoxy) is 1. The minimum Gasteiger partial charge on any atom is -0.489 e. The monoisotopic (exact) mass is 325 g/mol. The molecule has 1 aliphatic rings. The molecule has 1 unspecified atom stereocenters. The Morgan fingerprint density at radius 2 is 2.04 bits per heavy atom. The number of aliphatic hydroxyl groups is 1. The van der Waals surface area contributed by atoms with Gasteiger partial charge in [0.25, 0.3) is 0 Å². The lowest BCUT2D eigenvalue weighted by molar-refractivity contribution is 0.180. The molecule has 0 fully saturated rings. The van der Waals surface area contributed by atoms with Gasteiger partial charge in [-0.15, -0.1) is 0 Å². The summed E-state index contributed by atoms with van der Waals surface area (Å²) in [4.78, 5) is 4.33. The lowest BCUT2D eigenvalue weighted by atomic mass is 10.1. The average molecular weight is 325 g/mol. The van der Waals surface area contributed by atoms with E-state index in [0.717, 1.165) is 42.3 Å². The number of hydrogen-bond acceptors (Lipinski definition) is 5. The Morgan fingerprint density at radius 3 is 2.83 bits per heavy atom. The maximum atomic E-state index is 10.4. The van der Waals surface area contributed by atoms with Crippen LogP contribution in [0, 0.1) is 0 Å². The molecule has 5 nitrogen and oxygen atoms in total. The summed E-state index contributed by atoms with van der Waals surface area (Å²) < 4.78 is 5.81. The lowest BCUT2D eigenvalue weighted by Gasteiger charge is -2.18. The highest BCUT2D eigenvalue weighted by atomic mass is 16.5. The van der Waals surface area contributed by atoms with Crippen molar-refractivity contribution in [2.45, 2.75) is 19.1 Å². The summed E-state index contributed by atoms with van der Waals surface area (Å²) in [5.74, 6) is 1.51. The zero-order chi connectivity index (χ0) is 16.6. The third kappa shape index (κ3) is 4.73. The van der Waals surface area contributed by atoms with Crippen LogP contribution in [-0.2, 0) is 6.61 Å². The Morgan fingerprint density at radius 1 is 1.17 bits per heavy atom.